The molecule has 2 rings (SSSR count). The molecule has 1 unspecified atom stereocenters. The van der Waals surface area contributed by atoms with Crippen LogP contribution in [0.15, 0.2) is 6.07 Å². The molecule has 0 aromatic carbocycles. The molecule has 6 heteroatoms. The number of aliphatic hydroxyl groups excluding tert-OH is 1. The Bertz CT molecular complexity index is 481. The summed E-state index contributed by atoms with van der Waals surface area (Å²) in [7, 11) is 0. The van der Waals surface area contributed by atoms with E-state index in [0.29, 0.717) is 20.7 Å². The number of thiophene rings is 1. The Balaban J connectivity index is 2.14. The van der Waals surface area contributed by atoms with Crippen molar-refractivity contribution in [1.82, 2.24) is 0 Å². The lowest BCUT2D eigenvalue weighted by molar-refractivity contribution is -0.141. The van der Waals surface area contributed by atoms with Crippen LogP contribution in [0.2, 0.25) is 8.67 Å². The molecule has 0 radical (unpaired) electrons. The summed E-state index contributed by atoms with van der Waals surface area (Å²) in [5.74, 6) is -0.798. The maximum atomic E-state index is 11.1. The van der Waals surface area contributed by atoms with Crippen LogP contribution in [0.3, 0.4) is 0 Å². The highest BCUT2D eigenvalue weighted by Gasteiger charge is 2.37. The van der Waals surface area contributed by atoms with Gasteiger partial charge in [0.05, 0.1) is 16.9 Å². The van der Waals surface area contributed by atoms with Gasteiger partial charge >= 0.3 is 5.97 Å². The first kappa shape index (κ1) is 16.1. The number of rotatable bonds is 5. The fourth-order valence-electron chi connectivity index (χ4n) is 3.18. The average molecular weight is 337 g/mol. The Hall–Kier alpha value is -0.290. The molecule has 1 aliphatic carbocycles. The summed E-state index contributed by atoms with van der Waals surface area (Å²) in [6, 6.07) is 1.68. The van der Waals surface area contributed by atoms with Gasteiger partial charge < -0.3 is 10.2 Å². The molecule has 1 aliphatic rings. The first-order chi connectivity index (χ1) is 9.42. The smallest absolute Gasteiger partial charge is 0.303 e. The molecule has 0 bridgehead atoms. The van der Waals surface area contributed by atoms with E-state index in [1.807, 2.05) is 0 Å². The van der Waals surface area contributed by atoms with E-state index in [-0.39, 0.29) is 11.8 Å². The van der Waals surface area contributed by atoms with Crippen molar-refractivity contribution in [3.63, 3.8) is 0 Å². The molecule has 1 aromatic heterocycles. The third-order valence-corrected chi connectivity index (χ3v) is 5.63. The van der Waals surface area contributed by atoms with Gasteiger partial charge in [-0.15, -0.1) is 11.3 Å². The van der Waals surface area contributed by atoms with Gasteiger partial charge in [0.15, 0.2) is 0 Å². The molecule has 0 spiro atoms. The van der Waals surface area contributed by atoms with E-state index in [2.05, 4.69) is 0 Å². The van der Waals surface area contributed by atoms with Gasteiger partial charge in [0.25, 0.3) is 0 Å². The number of carboxylic acids is 1. The first-order valence-corrected chi connectivity index (χ1v) is 8.34. The zero-order chi connectivity index (χ0) is 14.8. The molecule has 1 atom stereocenters. The number of aliphatic hydroxyl groups is 1. The summed E-state index contributed by atoms with van der Waals surface area (Å²) < 4.78 is 1.03. The summed E-state index contributed by atoms with van der Waals surface area (Å²) in [6.07, 6.45) is 4.70. The fraction of sp³-hybridized carbons (Fsp3) is 0.643. The van der Waals surface area contributed by atoms with Crippen LogP contribution in [0.1, 0.15) is 56.6 Å². The van der Waals surface area contributed by atoms with E-state index >= 15 is 0 Å². The summed E-state index contributed by atoms with van der Waals surface area (Å²) >= 11 is 13.2. The minimum atomic E-state index is -0.798. The maximum absolute atomic E-state index is 11.1. The SMILES string of the molecule is O=C(O)CC1(CC(O)c2cc(Cl)sc2Cl)CCCCC1. The molecule has 1 aromatic rings. The Morgan fingerprint density at radius 1 is 1.35 bits per heavy atom. The van der Waals surface area contributed by atoms with Gasteiger partial charge in [0.2, 0.25) is 0 Å². The summed E-state index contributed by atoms with van der Waals surface area (Å²) in [5.41, 5.74) is 0.304. The molecular weight excluding hydrogens is 319 g/mol. The number of hydrogen-bond acceptors (Lipinski definition) is 3. The standard InChI is InChI=1S/C14H18Cl2O3S/c15-11-6-9(13(16)20-11)10(17)7-14(8-12(18)19)4-2-1-3-5-14/h6,10,17H,1-5,7-8H2,(H,18,19). The second-order valence-electron chi connectivity index (χ2n) is 5.63. The van der Waals surface area contributed by atoms with Gasteiger partial charge in [-0.2, -0.15) is 0 Å². The zero-order valence-corrected chi connectivity index (χ0v) is 13.4. The highest BCUT2D eigenvalue weighted by Crippen LogP contribution is 2.47. The number of halogens is 2. The third kappa shape index (κ3) is 3.88. The van der Waals surface area contributed by atoms with Gasteiger partial charge in [0, 0.05) is 5.56 Å². The van der Waals surface area contributed by atoms with Crippen molar-refractivity contribution in [2.45, 2.75) is 51.0 Å². The molecule has 112 valence electrons. The van der Waals surface area contributed by atoms with Crippen LogP contribution in [0, 0.1) is 5.41 Å². The predicted molar refractivity (Wildman–Crippen MR) is 81.7 cm³/mol. The van der Waals surface area contributed by atoms with Gasteiger partial charge in [-0.25, -0.2) is 0 Å². The molecule has 0 saturated heterocycles. The van der Waals surface area contributed by atoms with E-state index < -0.39 is 12.1 Å². The number of carbonyl (C=O) groups is 1. The van der Waals surface area contributed by atoms with Crippen LogP contribution in [0.4, 0.5) is 0 Å². The van der Waals surface area contributed by atoms with E-state index in [9.17, 15) is 9.90 Å². The van der Waals surface area contributed by atoms with Crippen LogP contribution in [-0.4, -0.2) is 16.2 Å². The van der Waals surface area contributed by atoms with Crippen LogP contribution in [0.25, 0.3) is 0 Å². The number of aliphatic carboxylic acids is 1. The van der Waals surface area contributed by atoms with E-state index in [1.165, 1.54) is 11.3 Å². The van der Waals surface area contributed by atoms with E-state index in [1.54, 1.807) is 6.07 Å². The monoisotopic (exact) mass is 336 g/mol. The maximum Gasteiger partial charge on any atom is 0.303 e. The van der Waals surface area contributed by atoms with Gasteiger partial charge in [-0.05, 0) is 30.7 Å². The van der Waals surface area contributed by atoms with E-state index in [4.69, 9.17) is 28.3 Å². The highest BCUT2D eigenvalue weighted by atomic mass is 35.5. The molecule has 2 N–H and O–H groups in total. The van der Waals surface area contributed by atoms with Crippen molar-refractivity contribution in [3.05, 3.63) is 20.3 Å². The highest BCUT2D eigenvalue weighted by molar-refractivity contribution is 7.20. The van der Waals surface area contributed by atoms with Crippen molar-refractivity contribution in [1.29, 1.82) is 0 Å². The molecule has 1 saturated carbocycles. The zero-order valence-electron chi connectivity index (χ0n) is 11.1. The largest absolute Gasteiger partial charge is 0.481 e. The Morgan fingerprint density at radius 3 is 2.50 bits per heavy atom. The van der Waals surface area contributed by atoms with Crippen molar-refractivity contribution >= 4 is 40.5 Å². The Morgan fingerprint density at radius 2 is 2.00 bits per heavy atom. The van der Waals surface area contributed by atoms with Crippen molar-refractivity contribution in [2.75, 3.05) is 0 Å². The molecule has 3 nitrogen and oxygen atoms in total. The molecular formula is C14H18Cl2O3S. The number of hydrogen-bond donors (Lipinski definition) is 2. The van der Waals surface area contributed by atoms with Crippen molar-refractivity contribution < 1.29 is 15.0 Å². The Kier molecular flexibility index (Phi) is 5.35. The second-order valence-corrected chi connectivity index (χ2v) is 7.92. The molecule has 0 amide bonds. The normalized spacial score (nSPS) is 19.8. The molecule has 0 aliphatic heterocycles. The van der Waals surface area contributed by atoms with Crippen LogP contribution in [0.5, 0.6) is 0 Å². The lowest BCUT2D eigenvalue weighted by Crippen LogP contribution is -2.29. The third-order valence-electron chi connectivity index (χ3n) is 4.11. The topological polar surface area (TPSA) is 57.5 Å². The van der Waals surface area contributed by atoms with Crippen molar-refractivity contribution in [2.24, 2.45) is 5.41 Å². The lowest BCUT2D eigenvalue weighted by Gasteiger charge is -2.37. The summed E-state index contributed by atoms with van der Waals surface area (Å²) in [6.45, 7) is 0. The molecule has 1 heterocycles. The average Bonchev–Trinajstić information content (AvgIpc) is 2.68. The van der Waals surface area contributed by atoms with Gasteiger partial charge in [-0.1, -0.05) is 42.5 Å². The molecule has 20 heavy (non-hydrogen) atoms. The van der Waals surface area contributed by atoms with Gasteiger partial charge in [0.1, 0.15) is 4.34 Å². The fourth-order valence-corrected chi connectivity index (χ4v) is 4.74. The number of carboxylic acid groups (broad SMARTS) is 1. The predicted octanol–water partition coefficient (Wildman–Crippen LogP) is 4.90. The minimum absolute atomic E-state index is 0.111. The summed E-state index contributed by atoms with van der Waals surface area (Å²) in [5, 5.41) is 19.6. The van der Waals surface area contributed by atoms with Crippen molar-refractivity contribution in [3.8, 4) is 0 Å². The van der Waals surface area contributed by atoms with E-state index in [0.717, 1.165) is 32.1 Å². The van der Waals surface area contributed by atoms with Crippen LogP contribution in [-0.2, 0) is 4.79 Å². The Labute approximate surface area is 132 Å². The quantitative estimate of drug-likeness (QED) is 0.803. The first-order valence-electron chi connectivity index (χ1n) is 6.76. The lowest BCUT2D eigenvalue weighted by atomic mass is 9.68. The van der Waals surface area contributed by atoms with Crippen LogP contribution < -0.4 is 0 Å². The minimum Gasteiger partial charge on any atom is -0.481 e. The van der Waals surface area contributed by atoms with Gasteiger partial charge in [-0.3, -0.25) is 4.79 Å². The van der Waals surface area contributed by atoms with Crippen LogP contribution >= 0.6 is 34.5 Å². The summed E-state index contributed by atoms with van der Waals surface area (Å²) in [4.78, 5) is 11.1. The second kappa shape index (κ2) is 6.65. The molecule has 1 fully saturated rings.